The highest BCUT2D eigenvalue weighted by atomic mass is 16.5. The van der Waals surface area contributed by atoms with Crippen LogP contribution in [0.15, 0.2) is 18.2 Å². The molecule has 164 valence electrons. The molecule has 0 saturated heterocycles. The zero-order valence-corrected chi connectivity index (χ0v) is 17.1. The molecule has 2 amide bonds. The summed E-state index contributed by atoms with van der Waals surface area (Å²) in [6.45, 7) is 2.50. The Morgan fingerprint density at radius 2 is 1.72 bits per heavy atom. The summed E-state index contributed by atoms with van der Waals surface area (Å²) in [5.74, 6) is 0.907. The Morgan fingerprint density at radius 1 is 1.00 bits per heavy atom. The number of nitrogens with two attached hydrogens (primary N) is 2. The van der Waals surface area contributed by atoms with Gasteiger partial charge in [-0.2, -0.15) is 0 Å². The van der Waals surface area contributed by atoms with Gasteiger partial charge in [0.05, 0.1) is 53.7 Å². The lowest BCUT2D eigenvalue weighted by Crippen LogP contribution is -2.38. The molecule has 0 aliphatic heterocycles. The summed E-state index contributed by atoms with van der Waals surface area (Å²) in [5, 5.41) is 2.60. The summed E-state index contributed by atoms with van der Waals surface area (Å²) in [5.41, 5.74) is 11.6. The van der Waals surface area contributed by atoms with E-state index in [9.17, 15) is 9.59 Å². The van der Waals surface area contributed by atoms with Crippen molar-refractivity contribution < 1.29 is 28.5 Å². The van der Waals surface area contributed by atoms with Crippen LogP contribution in [0.4, 0.5) is 0 Å². The zero-order chi connectivity index (χ0) is 21.5. The van der Waals surface area contributed by atoms with Crippen molar-refractivity contribution in [3.05, 3.63) is 23.8 Å². The van der Waals surface area contributed by atoms with Crippen LogP contribution in [-0.4, -0.2) is 83.5 Å². The molecule has 0 radical (unpaired) electrons. The van der Waals surface area contributed by atoms with E-state index in [1.54, 1.807) is 25.2 Å². The van der Waals surface area contributed by atoms with Crippen LogP contribution in [0.3, 0.4) is 0 Å². The third-order valence-corrected chi connectivity index (χ3v) is 4.01. The van der Waals surface area contributed by atoms with Gasteiger partial charge in [0, 0.05) is 31.3 Å². The third-order valence-electron chi connectivity index (χ3n) is 4.01. The van der Waals surface area contributed by atoms with Gasteiger partial charge in [0.1, 0.15) is 11.5 Å². The Bertz CT molecular complexity index is 629. The average molecular weight is 412 g/mol. The number of hydrogen-bond acceptors (Lipinski definition) is 8. The summed E-state index contributed by atoms with van der Waals surface area (Å²) >= 11 is 0. The fourth-order valence-corrected chi connectivity index (χ4v) is 2.44. The number of hydrogen-bond donors (Lipinski definition) is 3. The number of nitrogens with zero attached hydrogens (tertiary/aromatic N) is 1. The molecule has 0 heterocycles. The molecule has 5 N–H and O–H groups in total. The van der Waals surface area contributed by atoms with Crippen molar-refractivity contribution in [3.63, 3.8) is 0 Å². The number of ether oxygens (including phenoxy) is 4. The maximum atomic E-state index is 12.2. The van der Waals surface area contributed by atoms with Crippen LogP contribution < -0.4 is 26.3 Å². The third kappa shape index (κ3) is 9.57. The van der Waals surface area contributed by atoms with Gasteiger partial charge in [0.2, 0.25) is 11.8 Å². The number of carbonyl (C=O) groups is 2. The molecular weight excluding hydrogens is 380 g/mol. The molecule has 0 spiro atoms. The van der Waals surface area contributed by atoms with E-state index >= 15 is 0 Å². The smallest absolute Gasteiger partial charge is 0.236 e. The van der Waals surface area contributed by atoms with Gasteiger partial charge in [-0.3, -0.25) is 9.59 Å². The normalized spacial score (nSPS) is 10.5. The first-order chi connectivity index (χ1) is 14.0. The molecule has 1 aromatic rings. The molecule has 10 heteroatoms. The molecule has 0 unspecified atom stereocenters. The van der Waals surface area contributed by atoms with Crippen molar-refractivity contribution in [3.8, 4) is 11.5 Å². The molecule has 10 nitrogen and oxygen atoms in total. The van der Waals surface area contributed by atoms with Crippen molar-refractivity contribution in [2.45, 2.75) is 6.54 Å². The van der Waals surface area contributed by atoms with Crippen molar-refractivity contribution in [1.29, 1.82) is 0 Å². The lowest BCUT2D eigenvalue weighted by atomic mass is 10.1. The number of methoxy groups -OCH3 is 2. The Balaban J connectivity index is 2.38. The average Bonchev–Trinajstić information content (AvgIpc) is 2.76. The molecule has 1 rings (SSSR count). The summed E-state index contributed by atoms with van der Waals surface area (Å²) in [6.07, 6.45) is 0. The van der Waals surface area contributed by atoms with E-state index in [0.29, 0.717) is 57.6 Å². The molecule has 0 aliphatic rings. The van der Waals surface area contributed by atoms with Crippen LogP contribution in [0.25, 0.3) is 0 Å². The molecular formula is C19H32N4O6. The van der Waals surface area contributed by atoms with Crippen molar-refractivity contribution in [2.24, 2.45) is 11.5 Å². The van der Waals surface area contributed by atoms with Crippen LogP contribution in [0, 0.1) is 0 Å². The molecule has 0 atom stereocenters. The number of carbonyl (C=O) groups excluding carboxylic acids is 2. The van der Waals surface area contributed by atoms with Crippen LogP contribution in [0.1, 0.15) is 5.56 Å². The van der Waals surface area contributed by atoms with E-state index < -0.39 is 0 Å². The second-order valence-corrected chi connectivity index (χ2v) is 5.98. The van der Waals surface area contributed by atoms with Crippen molar-refractivity contribution in [2.75, 3.05) is 66.8 Å². The standard InChI is InChI=1S/C19H32N4O6/c1-26-16-4-3-15(17(11-16)27-2)14-23(19(25)13-21)6-8-29-10-9-28-7-5-22-18(24)12-20/h3-4,11H,5-10,12-14,20-21H2,1-2H3,(H,22,24). The first-order valence-electron chi connectivity index (χ1n) is 9.36. The Morgan fingerprint density at radius 3 is 2.34 bits per heavy atom. The Labute approximate surface area is 171 Å². The summed E-state index contributed by atoms with van der Waals surface area (Å²) in [7, 11) is 3.15. The van der Waals surface area contributed by atoms with Gasteiger partial charge < -0.3 is 40.6 Å². The lowest BCUT2D eigenvalue weighted by Gasteiger charge is -2.23. The maximum Gasteiger partial charge on any atom is 0.236 e. The minimum absolute atomic E-state index is 0.0382. The van der Waals surface area contributed by atoms with E-state index in [2.05, 4.69) is 5.32 Å². The first kappa shape index (κ1) is 24.6. The quantitative estimate of drug-likeness (QED) is 0.315. The number of nitrogens with one attached hydrogen (secondary N) is 1. The largest absolute Gasteiger partial charge is 0.497 e. The SMILES string of the molecule is COc1ccc(CN(CCOCCOCCNC(=O)CN)C(=O)CN)c(OC)c1. The van der Waals surface area contributed by atoms with Crippen molar-refractivity contribution >= 4 is 11.8 Å². The molecule has 0 saturated carbocycles. The highest BCUT2D eigenvalue weighted by molar-refractivity contribution is 5.78. The van der Waals surface area contributed by atoms with Gasteiger partial charge in [-0.05, 0) is 12.1 Å². The van der Waals surface area contributed by atoms with E-state index in [0.717, 1.165) is 5.56 Å². The number of amides is 2. The highest BCUT2D eigenvalue weighted by Gasteiger charge is 2.15. The van der Waals surface area contributed by atoms with Gasteiger partial charge >= 0.3 is 0 Å². The predicted molar refractivity (Wildman–Crippen MR) is 108 cm³/mol. The second-order valence-electron chi connectivity index (χ2n) is 5.98. The number of rotatable bonds is 15. The zero-order valence-electron chi connectivity index (χ0n) is 17.1. The fraction of sp³-hybridized carbons (Fsp3) is 0.579. The topological polar surface area (TPSA) is 138 Å². The fourth-order valence-electron chi connectivity index (χ4n) is 2.44. The predicted octanol–water partition coefficient (Wildman–Crippen LogP) is -0.901. The number of benzene rings is 1. The minimum Gasteiger partial charge on any atom is -0.497 e. The first-order valence-corrected chi connectivity index (χ1v) is 9.36. The van der Waals surface area contributed by atoms with Crippen LogP contribution in [0.5, 0.6) is 11.5 Å². The molecule has 0 aliphatic carbocycles. The van der Waals surface area contributed by atoms with Crippen LogP contribution in [-0.2, 0) is 25.6 Å². The second kappa shape index (κ2) is 14.6. The molecule has 0 fully saturated rings. The van der Waals surface area contributed by atoms with Gasteiger partial charge in [0.15, 0.2) is 0 Å². The van der Waals surface area contributed by atoms with E-state index in [-0.39, 0.29) is 24.9 Å². The van der Waals surface area contributed by atoms with E-state index in [1.807, 2.05) is 12.1 Å². The molecule has 1 aromatic carbocycles. The molecule has 0 aromatic heterocycles. The highest BCUT2D eigenvalue weighted by Crippen LogP contribution is 2.25. The van der Waals surface area contributed by atoms with Gasteiger partial charge in [-0.25, -0.2) is 0 Å². The van der Waals surface area contributed by atoms with Crippen LogP contribution in [0.2, 0.25) is 0 Å². The van der Waals surface area contributed by atoms with Gasteiger partial charge in [0.25, 0.3) is 0 Å². The van der Waals surface area contributed by atoms with E-state index in [1.165, 1.54) is 0 Å². The summed E-state index contributed by atoms with van der Waals surface area (Å²) in [6, 6.07) is 5.43. The summed E-state index contributed by atoms with van der Waals surface area (Å²) in [4.78, 5) is 24.7. The molecule has 29 heavy (non-hydrogen) atoms. The van der Waals surface area contributed by atoms with Crippen LogP contribution >= 0.6 is 0 Å². The minimum atomic E-state index is -0.219. The van der Waals surface area contributed by atoms with Crippen molar-refractivity contribution in [1.82, 2.24) is 10.2 Å². The maximum absolute atomic E-state index is 12.2. The Hall–Kier alpha value is -2.40. The van der Waals surface area contributed by atoms with Gasteiger partial charge in [-0.15, -0.1) is 0 Å². The lowest BCUT2D eigenvalue weighted by molar-refractivity contribution is -0.131. The van der Waals surface area contributed by atoms with Gasteiger partial charge in [-0.1, -0.05) is 0 Å². The Kier molecular flexibility index (Phi) is 12.4. The summed E-state index contributed by atoms with van der Waals surface area (Å²) < 4.78 is 21.4. The monoisotopic (exact) mass is 412 g/mol. The van der Waals surface area contributed by atoms with E-state index in [4.69, 9.17) is 30.4 Å². The molecule has 0 bridgehead atoms.